The molecule has 0 atom stereocenters. The third-order valence-corrected chi connectivity index (χ3v) is 1.36. The van der Waals surface area contributed by atoms with Crippen LogP contribution in [0, 0.1) is 0 Å². The standard InChI is InChI=1S/C8H8N2O2/c9-10-5-6-2-1-3-7(4-6)8(11)12/h1-5H,9H2,(H,11,12)/b10-5-. The van der Waals surface area contributed by atoms with E-state index < -0.39 is 5.97 Å². The third kappa shape index (κ3) is 1.82. The first-order valence-corrected chi connectivity index (χ1v) is 3.30. The Kier molecular flexibility index (Phi) is 2.42. The Morgan fingerprint density at radius 2 is 2.33 bits per heavy atom. The molecule has 62 valence electrons. The summed E-state index contributed by atoms with van der Waals surface area (Å²) in [4.78, 5) is 10.5. The molecule has 4 nitrogen and oxygen atoms in total. The lowest BCUT2D eigenvalue weighted by Gasteiger charge is -1.94. The van der Waals surface area contributed by atoms with Gasteiger partial charge in [0.25, 0.3) is 0 Å². The van der Waals surface area contributed by atoms with E-state index in [2.05, 4.69) is 5.10 Å². The van der Waals surface area contributed by atoms with E-state index in [9.17, 15) is 4.79 Å². The normalized spacial score (nSPS) is 10.3. The second kappa shape index (κ2) is 3.52. The molecule has 0 radical (unpaired) electrons. The van der Waals surface area contributed by atoms with E-state index in [-0.39, 0.29) is 5.56 Å². The number of nitrogens with two attached hydrogens (primary N) is 1. The Labute approximate surface area is 69.3 Å². The number of nitrogens with zero attached hydrogens (tertiary/aromatic N) is 1. The fraction of sp³-hybridized carbons (Fsp3) is 0. The van der Waals surface area contributed by atoms with Gasteiger partial charge in [-0.15, -0.1) is 0 Å². The molecule has 1 aromatic carbocycles. The minimum absolute atomic E-state index is 0.229. The molecule has 0 saturated heterocycles. The van der Waals surface area contributed by atoms with Crippen LogP contribution in [0.1, 0.15) is 15.9 Å². The first-order valence-electron chi connectivity index (χ1n) is 3.30. The number of carbonyl (C=O) groups is 1. The average molecular weight is 164 g/mol. The molecule has 0 aliphatic heterocycles. The quantitative estimate of drug-likeness (QED) is 0.383. The lowest BCUT2D eigenvalue weighted by molar-refractivity contribution is 0.0697. The van der Waals surface area contributed by atoms with Gasteiger partial charge in [-0.05, 0) is 17.7 Å². The van der Waals surface area contributed by atoms with Crippen molar-refractivity contribution in [2.45, 2.75) is 0 Å². The maximum atomic E-state index is 10.5. The Morgan fingerprint density at radius 1 is 1.58 bits per heavy atom. The van der Waals surface area contributed by atoms with E-state index in [4.69, 9.17) is 10.9 Å². The van der Waals surface area contributed by atoms with Crippen molar-refractivity contribution < 1.29 is 9.90 Å². The van der Waals surface area contributed by atoms with Crippen LogP contribution in [0.3, 0.4) is 0 Å². The second-order valence-electron chi connectivity index (χ2n) is 2.21. The summed E-state index contributed by atoms with van der Waals surface area (Å²) in [5, 5.41) is 11.9. The summed E-state index contributed by atoms with van der Waals surface area (Å²) >= 11 is 0. The highest BCUT2D eigenvalue weighted by molar-refractivity contribution is 5.90. The van der Waals surface area contributed by atoms with Gasteiger partial charge < -0.3 is 10.9 Å². The molecule has 4 heteroatoms. The Bertz CT molecular complexity index is 321. The highest BCUT2D eigenvalue weighted by Crippen LogP contribution is 2.02. The maximum absolute atomic E-state index is 10.5. The summed E-state index contributed by atoms with van der Waals surface area (Å²) in [6.07, 6.45) is 1.40. The van der Waals surface area contributed by atoms with E-state index in [1.165, 1.54) is 18.3 Å². The van der Waals surface area contributed by atoms with Crippen molar-refractivity contribution in [2.75, 3.05) is 0 Å². The van der Waals surface area contributed by atoms with Gasteiger partial charge in [-0.3, -0.25) is 0 Å². The Balaban J connectivity index is 3.03. The van der Waals surface area contributed by atoms with Crippen LogP contribution < -0.4 is 5.84 Å². The van der Waals surface area contributed by atoms with Gasteiger partial charge in [0.15, 0.2) is 0 Å². The molecule has 3 N–H and O–H groups in total. The molecule has 0 aliphatic carbocycles. The summed E-state index contributed by atoms with van der Waals surface area (Å²) < 4.78 is 0. The van der Waals surface area contributed by atoms with Crippen LogP contribution in [0.4, 0.5) is 0 Å². The van der Waals surface area contributed by atoms with Crippen molar-refractivity contribution in [3.63, 3.8) is 0 Å². The molecule has 0 heterocycles. The third-order valence-electron chi connectivity index (χ3n) is 1.36. The minimum Gasteiger partial charge on any atom is -0.478 e. The molecule has 12 heavy (non-hydrogen) atoms. The molecule has 0 aliphatic rings. The van der Waals surface area contributed by atoms with Gasteiger partial charge in [0, 0.05) is 0 Å². The average Bonchev–Trinajstić information content (AvgIpc) is 2.05. The zero-order chi connectivity index (χ0) is 8.97. The zero-order valence-corrected chi connectivity index (χ0v) is 6.27. The van der Waals surface area contributed by atoms with E-state index in [0.29, 0.717) is 5.56 Å². The van der Waals surface area contributed by atoms with Crippen LogP contribution in [-0.2, 0) is 0 Å². The summed E-state index contributed by atoms with van der Waals surface area (Å²) in [5.41, 5.74) is 0.907. The summed E-state index contributed by atoms with van der Waals surface area (Å²) in [5.74, 6) is 3.95. The minimum atomic E-state index is -0.956. The Hall–Kier alpha value is -1.84. The van der Waals surface area contributed by atoms with Crippen molar-refractivity contribution in [1.82, 2.24) is 0 Å². The molecule has 1 rings (SSSR count). The van der Waals surface area contributed by atoms with E-state index in [1.807, 2.05) is 0 Å². The molecule has 0 amide bonds. The van der Waals surface area contributed by atoms with Gasteiger partial charge in [-0.1, -0.05) is 12.1 Å². The Morgan fingerprint density at radius 3 is 2.92 bits per heavy atom. The number of hydrogen-bond donors (Lipinski definition) is 2. The second-order valence-corrected chi connectivity index (χ2v) is 2.21. The van der Waals surface area contributed by atoms with Crippen LogP contribution >= 0.6 is 0 Å². The zero-order valence-electron chi connectivity index (χ0n) is 6.27. The van der Waals surface area contributed by atoms with Crippen molar-refractivity contribution in [2.24, 2.45) is 10.9 Å². The van der Waals surface area contributed by atoms with Gasteiger partial charge in [0.05, 0.1) is 11.8 Å². The van der Waals surface area contributed by atoms with Crippen LogP contribution in [0.5, 0.6) is 0 Å². The number of hydrazone groups is 1. The summed E-state index contributed by atoms with van der Waals surface area (Å²) in [6, 6.07) is 6.37. The van der Waals surface area contributed by atoms with Crippen molar-refractivity contribution in [3.8, 4) is 0 Å². The van der Waals surface area contributed by atoms with Gasteiger partial charge in [0.2, 0.25) is 0 Å². The van der Waals surface area contributed by atoms with E-state index in [1.54, 1.807) is 12.1 Å². The van der Waals surface area contributed by atoms with Crippen molar-refractivity contribution >= 4 is 12.2 Å². The fourth-order valence-corrected chi connectivity index (χ4v) is 0.838. The lowest BCUT2D eigenvalue weighted by Crippen LogP contribution is -1.97. The maximum Gasteiger partial charge on any atom is 0.335 e. The number of benzene rings is 1. The predicted molar refractivity (Wildman–Crippen MR) is 45.2 cm³/mol. The van der Waals surface area contributed by atoms with Crippen molar-refractivity contribution in [3.05, 3.63) is 35.4 Å². The monoisotopic (exact) mass is 164 g/mol. The number of carboxylic acids is 1. The van der Waals surface area contributed by atoms with Gasteiger partial charge in [0.1, 0.15) is 0 Å². The molecule has 0 bridgehead atoms. The molecular weight excluding hydrogens is 156 g/mol. The SMILES string of the molecule is N/N=C\c1cccc(C(=O)O)c1. The molecule has 0 unspecified atom stereocenters. The topological polar surface area (TPSA) is 75.7 Å². The number of aromatic carboxylic acids is 1. The van der Waals surface area contributed by atoms with Crippen molar-refractivity contribution in [1.29, 1.82) is 0 Å². The molecule has 0 spiro atoms. The number of carboxylic acid groups (broad SMARTS) is 1. The fourth-order valence-electron chi connectivity index (χ4n) is 0.838. The van der Waals surface area contributed by atoms with Crippen LogP contribution in [-0.4, -0.2) is 17.3 Å². The van der Waals surface area contributed by atoms with Gasteiger partial charge in [-0.25, -0.2) is 4.79 Å². The van der Waals surface area contributed by atoms with Crippen LogP contribution in [0.2, 0.25) is 0 Å². The lowest BCUT2D eigenvalue weighted by atomic mass is 10.1. The molecule has 0 saturated carbocycles. The molecule has 1 aromatic rings. The van der Waals surface area contributed by atoms with Gasteiger partial charge in [-0.2, -0.15) is 5.10 Å². The predicted octanol–water partition coefficient (Wildman–Crippen LogP) is 0.677. The van der Waals surface area contributed by atoms with E-state index >= 15 is 0 Å². The molecule has 0 fully saturated rings. The number of rotatable bonds is 2. The number of hydrogen-bond acceptors (Lipinski definition) is 3. The molecule has 0 aromatic heterocycles. The van der Waals surface area contributed by atoms with Crippen LogP contribution in [0.25, 0.3) is 0 Å². The summed E-state index contributed by atoms with van der Waals surface area (Å²) in [6.45, 7) is 0. The van der Waals surface area contributed by atoms with Gasteiger partial charge >= 0.3 is 5.97 Å². The highest BCUT2D eigenvalue weighted by Gasteiger charge is 2.00. The van der Waals surface area contributed by atoms with Crippen LogP contribution in [0.15, 0.2) is 29.4 Å². The summed E-state index contributed by atoms with van der Waals surface area (Å²) in [7, 11) is 0. The smallest absolute Gasteiger partial charge is 0.335 e. The first kappa shape index (κ1) is 8.26. The highest BCUT2D eigenvalue weighted by atomic mass is 16.4. The van der Waals surface area contributed by atoms with E-state index in [0.717, 1.165) is 0 Å². The first-order chi connectivity index (χ1) is 5.74. The molecular formula is C8H8N2O2. The largest absolute Gasteiger partial charge is 0.478 e.